The number of hydrogen-bond acceptors (Lipinski definition) is 5. The highest BCUT2D eigenvalue weighted by Gasteiger charge is 2.20. The summed E-state index contributed by atoms with van der Waals surface area (Å²) in [5.41, 5.74) is 3.68. The average Bonchev–Trinajstić information content (AvgIpc) is 3.17. The van der Waals surface area contributed by atoms with Gasteiger partial charge in [0.1, 0.15) is 17.0 Å². The summed E-state index contributed by atoms with van der Waals surface area (Å²) in [5, 5.41) is 13.1. The first-order valence-corrected chi connectivity index (χ1v) is 10.0. The number of aliphatic hydroxyl groups excluding tert-OH is 1. The van der Waals surface area contributed by atoms with Crippen molar-refractivity contribution in [1.82, 2.24) is 5.32 Å². The van der Waals surface area contributed by atoms with Gasteiger partial charge in [-0.3, -0.25) is 4.79 Å². The molecule has 6 nitrogen and oxygen atoms in total. The number of hydrogen-bond donors (Lipinski definition) is 2. The van der Waals surface area contributed by atoms with Gasteiger partial charge in [0.05, 0.1) is 18.2 Å². The summed E-state index contributed by atoms with van der Waals surface area (Å²) < 4.78 is 24.7. The van der Waals surface area contributed by atoms with E-state index in [4.69, 9.17) is 13.9 Å². The topological polar surface area (TPSA) is 92.7 Å². The standard InChI is InChI=1S/C24H22FNO5/c1-13-17-10-19-20(15-4-6-16(25)7-5-15)12-30-22(19)14(2)23(17)31-24(29)18(13)11-21(28)26-8-3-9-27/h4-7,10,12,27H,3,8-9,11H2,1-2H3,(H,26,28). The number of aliphatic hydroxyl groups is 1. The van der Waals surface area contributed by atoms with Gasteiger partial charge in [0, 0.05) is 35.1 Å². The molecule has 0 spiro atoms. The minimum atomic E-state index is -0.560. The normalized spacial score (nSPS) is 11.4. The summed E-state index contributed by atoms with van der Waals surface area (Å²) in [5.74, 6) is -0.631. The van der Waals surface area contributed by atoms with E-state index in [0.717, 1.165) is 16.5 Å². The molecule has 2 aromatic heterocycles. The van der Waals surface area contributed by atoms with E-state index in [0.29, 0.717) is 46.2 Å². The van der Waals surface area contributed by atoms with Gasteiger partial charge in [-0.15, -0.1) is 0 Å². The number of amides is 1. The zero-order chi connectivity index (χ0) is 22.1. The van der Waals surface area contributed by atoms with Crippen LogP contribution in [0, 0.1) is 19.7 Å². The van der Waals surface area contributed by atoms with E-state index >= 15 is 0 Å². The molecule has 0 atom stereocenters. The van der Waals surface area contributed by atoms with Crippen molar-refractivity contribution >= 4 is 27.8 Å². The largest absolute Gasteiger partial charge is 0.463 e. The van der Waals surface area contributed by atoms with Crippen LogP contribution in [-0.2, 0) is 11.2 Å². The lowest BCUT2D eigenvalue weighted by Crippen LogP contribution is -2.29. The number of halogens is 1. The Morgan fingerprint density at radius 1 is 1.10 bits per heavy atom. The van der Waals surface area contributed by atoms with Crippen LogP contribution in [0.1, 0.15) is 23.1 Å². The highest BCUT2D eigenvalue weighted by molar-refractivity contribution is 6.05. The van der Waals surface area contributed by atoms with Crippen LogP contribution in [-0.4, -0.2) is 24.2 Å². The van der Waals surface area contributed by atoms with E-state index in [-0.39, 0.29) is 24.8 Å². The first kappa shape index (κ1) is 20.8. The molecule has 0 aliphatic heterocycles. The first-order chi connectivity index (χ1) is 14.9. The number of benzene rings is 2. The van der Waals surface area contributed by atoms with Crippen LogP contribution in [0.2, 0.25) is 0 Å². The molecule has 2 heterocycles. The number of carbonyl (C=O) groups is 1. The Morgan fingerprint density at radius 2 is 1.84 bits per heavy atom. The fourth-order valence-corrected chi connectivity index (χ4v) is 3.78. The smallest absolute Gasteiger partial charge is 0.340 e. The number of furan rings is 1. The Kier molecular flexibility index (Phi) is 5.61. The second-order valence-electron chi connectivity index (χ2n) is 7.51. The minimum absolute atomic E-state index is 0.0201. The van der Waals surface area contributed by atoms with E-state index in [1.54, 1.807) is 25.3 Å². The summed E-state index contributed by atoms with van der Waals surface area (Å²) in [4.78, 5) is 24.8. The molecule has 4 aromatic rings. The van der Waals surface area contributed by atoms with E-state index in [9.17, 15) is 14.0 Å². The van der Waals surface area contributed by atoms with Gasteiger partial charge < -0.3 is 19.3 Å². The van der Waals surface area contributed by atoms with Gasteiger partial charge in [0.15, 0.2) is 0 Å². The van der Waals surface area contributed by atoms with Crippen molar-refractivity contribution in [3.05, 3.63) is 69.5 Å². The molecule has 0 unspecified atom stereocenters. The molecule has 0 saturated heterocycles. The first-order valence-electron chi connectivity index (χ1n) is 10.0. The Bertz CT molecular complexity index is 1330. The maximum atomic E-state index is 13.3. The molecule has 2 aromatic carbocycles. The fraction of sp³-hybridized carbons (Fsp3) is 0.250. The summed E-state index contributed by atoms with van der Waals surface area (Å²) >= 11 is 0. The fourth-order valence-electron chi connectivity index (χ4n) is 3.78. The summed E-state index contributed by atoms with van der Waals surface area (Å²) in [6.45, 7) is 3.92. The van der Waals surface area contributed by atoms with Gasteiger partial charge in [0.25, 0.3) is 0 Å². The molecule has 0 fully saturated rings. The lowest BCUT2D eigenvalue weighted by Gasteiger charge is -2.10. The molecule has 31 heavy (non-hydrogen) atoms. The second-order valence-corrected chi connectivity index (χ2v) is 7.51. The van der Waals surface area contributed by atoms with Crippen molar-refractivity contribution in [2.75, 3.05) is 13.2 Å². The van der Waals surface area contributed by atoms with Gasteiger partial charge in [-0.2, -0.15) is 0 Å². The van der Waals surface area contributed by atoms with Gasteiger partial charge in [-0.1, -0.05) is 12.1 Å². The third-order valence-electron chi connectivity index (χ3n) is 5.49. The molecule has 1 amide bonds. The van der Waals surface area contributed by atoms with E-state index in [1.165, 1.54) is 12.1 Å². The number of fused-ring (bicyclic) bond motifs is 2. The Hall–Kier alpha value is -3.45. The van der Waals surface area contributed by atoms with Crippen LogP contribution >= 0.6 is 0 Å². The molecule has 160 valence electrons. The minimum Gasteiger partial charge on any atom is -0.463 e. The van der Waals surface area contributed by atoms with E-state index in [2.05, 4.69) is 5.32 Å². The van der Waals surface area contributed by atoms with Crippen molar-refractivity contribution < 1.29 is 23.1 Å². The SMILES string of the molecule is Cc1c(CC(=O)NCCCO)c(=O)oc2c(C)c3occ(-c4ccc(F)cc4)c3cc12. The van der Waals surface area contributed by atoms with Crippen molar-refractivity contribution in [2.24, 2.45) is 0 Å². The van der Waals surface area contributed by atoms with Gasteiger partial charge >= 0.3 is 5.63 Å². The summed E-state index contributed by atoms with van der Waals surface area (Å²) in [6, 6.07) is 8.02. The van der Waals surface area contributed by atoms with E-state index < -0.39 is 5.63 Å². The highest BCUT2D eigenvalue weighted by Crippen LogP contribution is 2.37. The van der Waals surface area contributed by atoms with E-state index in [1.807, 2.05) is 13.0 Å². The zero-order valence-corrected chi connectivity index (χ0v) is 17.3. The van der Waals surface area contributed by atoms with Crippen LogP contribution in [0.25, 0.3) is 33.1 Å². The van der Waals surface area contributed by atoms with Gasteiger partial charge in [-0.25, -0.2) is 9.18 Å². The third kappa shape index (κ3) is 3.84. The lowest BCUT2D eigenvalue weighted by molar-refractivity contribution is -0.120. The van der Waals surface area contributed by atoms with Crippen LogP contribution in [0.15, 0.2) is 50.2 Å². The molecule has 0 saturated carbocycles. The molecular formula is C24H22FNO5. The molecule has 0 aliphatic carbocycles. The maximum Gasteiger partial charge on any atom is 0.340 e. The van der Waals surface area contributed by atoms with Crippen molar-refractivity contribution in [3.8, 4) is 11.1 Å². The van der Waals surface area contributed by atoms with Gasteiger partial charge in [0.2, 0.25) is 5.91 Å². The molecule has 4 rings (SSSR count). The predicted molar refractivity (Wildman–Crippen MR) is 116 cm³/mol. The molecule has 0 radical (unpaired) electrons. The predicted octanol–water partition coefficient (Wildman–Crippen LogP) is 4.00. The molecule has 2 N–H and O–H groups in total. The number of rotatable bonds is 6. The van der Waals surface area contributed by atoms with Crippen molar-refractivity contribution in [3.63, 3.8) is 0 Å². The average molecular weight is 423 g/mol. The highest BCUT2D eigenvalue weighted by atomic mass is 19.1. The maximum absolute atomic E-state index is 13.3. The third-order valence-corrected chi connectivity index (χ3v) is 5.49. The van der Waals surface area contributed by atoms with Crippen LogP contribution in [0.3, 0.4) is 0 Å². The lowest BCUT2D eigenvalue weighted by atomic mass is 9.97. The summed E-state index contributed by atoms with van der Waals surface area (Å²) in [6.07, 6.45) is 1.94. The monoisotopic (exact) mass is 423 g/mol. The Labute approximate surface area is 177 Å². The van der Waals surface area contributed by atoms with Crippen LogP contribution in [0.5, 0.6) is 0 Å². The molecule has 7 heteroatoms. The quantitative estimate of drug-likeness (QED) is 0.361. The second kappa shape index (κ2) is 8.35. The number of carbonyl (C=O) groups excluding carboxylic acids is 1. The molecule has 0 aliphatic rings. The number of aryl methyl sites for hydroxylation is 2. The van der Waals surface area contributed by atoms with Crippen molar-refractivity contribution in [1.29, 1.82) is 0 Å². The Balaban J connectivity index is 1.84. The Morgan fingerprint density at radius 3 is 2.55 bits per heavy atom. The zero-order valence-electron chi connectivity index (χ0n) is 17.3. The van der Waals surface area contributed by atoms with Crippen molar-refractivity contribution in [2.45, 2.75) is 26.7 Å². The summed E-state index contributed by atoms with van der Waals surface area (Å²) in [7, 11) is 0. The molecule has 0 bridgehead atoms. The van der Waals surface area contributed by atoms with Gasteiger partial charge in [-0.05, 0) is 49.6 Å². The number of nitrogens with one attached hydrogen (secondary N) is 1. The van der Waals surface area contributed by atoms with Crippen LogP contribution < -0.4 is 10.9 Å². The molecular weight excluding hydrogens is 401 g/mol. The van der Waals surface area contributed by atoms with Crippen LogP contribution in [0.4, 0.5) is 4.39 Å².